The molecule has 92 valence electrons. The van der Waals surface area contributed by atoms with Crippen LogP contribution in [0, 0.1) is 6.92 Å². The number of thiophene rings is 1. The zero-order valence-electron chi connectivity index (χ0n) is 10.0. The monoisotopic (exact) mass is 276 g/mol. The lowest BCUT2D eigenvalue weighted by atomic mass is 9.97. The van der Waals surface area contributed by atoms with Crippen LogP contribution in [0.1, 0.15) is 29.0 Å². The number of fused-ring (bicyclic) bond motifs is 5. The van der Waals surface area contributed by atoms with Gasteiger partial charge in [0.25, 0.3) is 5.56 Å². The van der Waals surface area contributed by atoms with Gasteiger partial charge < -0.3 is 0 Å². The highest BCUT2D eigenvalue weighted by Gasteiger charge is 2.21. The van der Waals surface area contributed by atoms with Crippen molar-refractivity contribution in [3.8, 4) is 0 Å². The topological polar surface area (TPSA) is 34.4 Å². The van der Waals surface area contributed by atoms with Crippen LogP contribution >= 0.6 is 22.7 Å². The maximum atomic E-state index is 12.2. The van der Waals surface area contributed by atoms with Gasteiger partial charge >= 0.3 is 0 Å². The van der Waals surface area contributed by atoms with Crippen LogP contribution in [-0.4, -0.2) is 9.38 Å². The first-order valence-electron chi connectivity index (χ1n) is 6.17. The zero-order valence-corrected chi connectivity index (χ0v) is 11.7. The van der Waals surface area contributed by atoms with E-state index in [9.17, 15) is 4.79 Å². The Morgan fingerprint density at radius 2 is 2.17 bits per heavy atom. The van der Waals surface area contributed by atoms with Gasteiger partial charge in [-0.3, -0.25) is 9.20 Å². The average molecular weight is 276 g/mol. The standard InChI is InChI=1S/C13H12N2OS2/c1-7-6-17-13-14-11(16)10-8-4-2-3-5-9(8)18-12(10)15(7)13/h6H,2-5H2,1H3. The van der Waals surface area contributed by atoms with E-state index in [1.807, 2.05) is 0 Å². The fourth-order valence-electron chi connectivity index (χ4n) is 2.79. The van der Waals surface area contributed by atoms with Crippen LogP contribution in [-0.2, 0) is 12.8 Å². The van der Waals surface area contributed by atoms with E-state index in [-0.39, 0.29) is 5.56 Å². The van der Waals surface area contributed by atoms with E-state index >= 15 is 0 Å². The Balaban J connectivity index is 2.27. The molecule has 0 aliphatic heterocycles. The molecule has 0 atom stereocenters. The second kappa shape index (κ2) is 3.65. The molecule has 1 aliphatic rings. The Labute approximate surface area is 112 Å². The third-order valence-corrected chi connectivity index (χ3v) is 5.87. The van der Waals surface area contributed by atoms with Gasteiger partial charge in [-0.25, -0.2) is 0 Å². The molecule has 0 saturated heterocycles. The second-order valence-corrected chi connectivity index (χ2v) is 6.72. The highest BCUT2D eigenvalue weighted by atomic mass is 32.1. The summed E-state index contributed by atoms with van der Waals surface area (Å²) in [6.07, 6.45) is 4.61. The first kappa shape index (κ1) is 10.7. The van der Waals surface area contributed by atoms with Crippen molar-refractivity contribution in [3.05, 3.63) is 31.9 Å². The number of hydrogen-bond donors (Lipinski definition) is 0. The van der Waals surface area contributed by atoms with Crippen molar-refractivity contribution in [2.24, 2.45) is 0 Å². The van der Waals surface area contributed by atoms with Gasteiger partial charge in [-0.15, -0.1) is 22.7 Å². The SMILES string of the molecule is Cc1csc2nc(=O)c3c4c(sc3n12)CCCC4. The predicted molar refractivity (Wildman–Crippen MR) is 76.1 cm³/mol. The number of aromatic nitrogens is 2. The molecule has 1 aliphatic carbocycles. The molecule has 18 heavy (non-hydrogen) atoms. The van der Waals surface area contributed by atoms with Crippen molar-refractivity contribution < 1.29 is 0 Å². The van der Waals surface area contributed by atoms with Gasteiger partial charge in [0.1, 0.15) is 4.83 Å². The molecule has 3 aromatic rings. The van der Waals surface area contributed by atoms with Gasteiger partial charge in [-0.2, -0.15) is 4.98 Å². The normalized spacial score (nSPS) is 15.4. The molecule has 4 rings (SSSR count). The van der Waals surface area contributed by atoms with Gasteiger partial charge in [-0.05, 0) is 38.2 Å². The van der Waals surface area contributed by atoms with Gasteiger partial charge in [-0.1, -0.05) is 0 Å². The van der Waals surface area contributed by atoms with Gasteiger partial charge in [0.2, 0.25) is 0 Å². The number of nitrogens with zero attached hydrogens (tertiary/aromatic N) is 2. The molecule has 0 bridgehead atoms. The number of thiazole rings is 1. The van der Waals surface area contributed by atoms with E-state index in [4.69, 9.17) is 0 Å². The molecule has 3 nitrogen and oxygen atoms in total. The summed E-state index contributed by atoms with van der Waals surface area (Å²) in [6.45, 7) is 2.08. The molecular formula is C13H12N2OS2. The summed E-state index contributed by atoms with van der Waals surface area (Å²) in [5, 5.41) is 2.95. The molecule has 0 aromatic carbocycles. The summed E-state index contributed by atoms with van der Waals surface area (Å²) in [7, 11) is 0. The zero-order chi connectivity index (χ0) is 12.3. The summed E-state index contributed by atoms with van der Waals surface area (Å²) >= 11 is 3.34. The lowest BCUT2D eigenvalue weighted by molar-refractivity contribution is 0.700. The van der Waals surface area contributed by atoms with E-state index in [0.717, 1.165) is 28.0 Å². The Hall–Kier alpha value is -1.20. The molecule has 0 fully saturated rings. The lowest BCUT2D eigenvalue weighted by Gasteiger charge is -2.09. The summed E-state index contributed by atoms with van der Waals surface area (Å²) in [5.74, 6) is 0. The fraction of sp³-hybridized carbons (Fsp3) is 0.385. The molecule has 3 heterocycles. The maximum Gasteiger partial charge on any atom is 0.282 e. The Bertz CT molecular complexity index is 825. The molecule has 0 unspecified atom stereocenters. The summed E-state index contributed by atoms with van der Waals surface area (Å²) in [6, 6.07) is 0. The minimum Gasteiger partial charge on any atom is -0.280 e. The van der Waals surface area contributed by atoms with Crippen molar-refractivity contribution in [2.75, 3.05) is 0 Å². The fourth-order valence-corrected chi connectivity index (χ4v) is 5.15. The maximum absolute atomic E-state index is 12.2. The molecular weight excluding hydrogens is 264 g/mol. The lowest BCUT2D eigenvalue weighted by Crippen LogP contribution is -2.10. The van der Waals surface area contributed by atoms with Crippen molar-refractivity contribution in [1.82, 2.24) is 9.38 Å². The van der Waals surface area contributed by atoms with Crippen LogP contribution < -0.4 is 5.56 Å². The van der Waals surface area contributed by atoms with Crippen LogP contribution in [0.25, 0.3) is 15.2 Å². The van der Waals surface area contributed by atoms with Crippen molar-refractivity contribution >= 4 is 37.9 Å². The minimum absolute atomic E-state index is 0.0359. The van der Waals surface area contributed by atoms with Crippen molar-refractivity contribution in [2.45, 2.75) is 32.6 Å². The first-order chi connectivity index (χ1) is 8.75. The van der Waals surface area contributed by atoms with Crippen LogP contribution in [0.4, 0.5) is 0 Å². The van der Waals surface area contributed by atoms with Crippen LogP contribution in [0.2, 0.25) is 0 Å². The van der Waals surface area contributed by atoms with Crippen molar-refractivity contribution in [1.29, 1.82) is 0 Å². The number of rotatable bonds is 0. The Morgan fingerprint density at radius 1 is 1.33 bits per heavy atom. The second-order valence-electron chi connectivity index (χ2n) is 4.80. The summed E-state index contributed by atoms with van der Waals surface area (Å²) < 4.78 is 2.14. The number of hydrogen-bond acceptors (Lipinski definition) is 4. The predicted octanol–water partition coefficient (Wildman–Crippen LogP) is 3.16. The van der Waals surface area contributed by atoms with Crippen LogP contribution in [0.3, 0.4) is 0 Å². The highest BCUT2D eigenvalue weighted by Crippen LogP contribution is 2.35. The highest BCUT2D eigenvalue weighted by molar-refractivity contribution is 7.19. The first-order valence-corrected chi connectivity index (χ1v) is 7.86. The number of aryl methyl sites for hydroxylation is 3. The van der Waals surface area contributed by atoms with Crippen molar-refractivity contribution in [3.63, 3.8) is 0 Å². The largest absolute Gasteiger partial charge is 0.282 e. The van der Waals surface area contributed by atoms with Crippen LogP contribution in [0.5, 0.6) is 0 Å². The van der Waals surface area contributed by atoms with E-state index < -0.39 is 0 Å². The van der Waals surface area contributed by atoms with E-state index in [1.54, 1.807) is 22.7 Å². The Kier molecular flexibility index (Phi) is 2.17. The molecule has 0 amide bonds. The molecule has 0 spiro atoms. The van der Waals surface area contributed by atoms with E-state index in [2.05, 4.69) is 21.7 Å². The minimum atomic E-state index is -0.0359. The third-order valence-electron chi connectivity index (χ3n) is 3.65. The van der Waals surface area contributed by atoms with Gasteiger partial charge in [0, 0.05) is 16.0 Å². The molecule has 3 aromatic heterocycles. The molecule has 0 saturated carbocycles. The Morgan fingerprint density at radius 3 is 3.06 bits per heavy atom. The van der Waals surface area contributed by atoms with Gasteiger partial charge in [0.05, 0.1) is 5.39 Å². The van der Waals surface area contributed by atoms with E-state index in [1.165, 1.54) is 29.0 Å². The van der Waals surface area contributed by atoms with Crippen LogP contribution in [0.15, 0.2) is 10.2 Å². The average Bonchev–Trinajstić information content (AvgIpc) is 2.90. The quantitative estimate of drug-likeness (QED) is 0.632. The molecule has 0 radical (unpaired) electrons. The smallest absolute Gasteiger partial charge is 0.280 e. The summed E-state index contributed by atoms with van der Waals surface area (Å²) in [4.78, 5) is 19.8. The molecule has 5 heteroatoms. The van der Waals surface area contributed by atoms with Gasteiger partial charge in [0.15, 0.2) is 4.96 Å². The summed E-state index contributed by atoms with van der Waals surface area (Å²) in [5.41, 5.74) is 2.41. The molecule has 0 N–H and O–H groups in total. The van der Waals surface area contributed by atoms with E-state index in [0.29, 0.717) is 0 Å². The third kappa shape index (κ3) is 1.29.